The van der Waals surface area contributed by atoms with Gasteiger partial charge in [-0.2, -0.15) is 0 Å². The number of hydrogen-bond acceptors (Lipinski definition) is 5. The lowest BCUT2D eigenvalue weighted by Crippen LogP contribution is -2.43. The molecule has 7 heteroatoms. The first-order chi connectivity index (χ1) is 15.1. The average molecular weight is 432 g/mol. The second-order valence-electron chi connectivity index (χ2n) is 7.93. The van der Waals surface area contributed by atoms with Crippen molar-refractivity contribution in [3.05, 3.63) is 72.3 Å². The number of aromatic nitrogens is 1. The van der Waals surface area contributed by atoms with Crippen molar-refractivity contribution in [2.75, 3.05) is 59.2 Å². The molecular weight excluding hydrogens is 397 g/mol. The van der Waals surface area contributed by atoms with Crippen LogP contribution in [-0.2, 0) is 22.6 Å². The Morgan fingerprint density at radius 1 is 1.26 bits per heavy atom. The van der Waals surface area contributed by atoms with E-state index in [1.807, 2.05) is 18.3 Å². The molecule has 0 radical (unpaired) electrons. The van der Waals surface area contributed by atoms with Gasteiger partial charge in [0.05, 0.1) is 32.5 Å². The zero-order valence-corrected chi connectivity index (χ0v) is 18.2. The molecule has 6 nitrogen and oxygen atoms in total. The molecule has 0 amide bonds. The Labute approximate surface area is 184 Å². The number of aliphatic hydroxyl groups excluding tert-OH is 1. The van der Waals surface area contributed by atoms with Crippen molar-refractivity contribution in [3.63, 3.8) is 0 Å². The maximum Gasteiger partial charge on any atom is 0.123 e. The van der Waals surface area contributed by atoms with E-state index in [1.54, 1.807) is 18.2 Å². The van der Waals surface area contributed by atoms with Gasteiger partial charge in [0.2, 0.25) is 0 Å². The van der Waals surface area contributed by atoms with Crippen LogP contribution in [0.15, 0.2) is 55.3 Å². The molecule has 1 aromatic heterocycles. The third-order valence-corrected chi connectivity index (χ3v) is 5.40. The summed E-state index contributed by atoms with van der Waals surface area (Å²) in [6.07, 6.45) is 3.13. The third kappa shape index (κ3) is 8.20. The van der Waals surface area contributed by atoms with Gasteiger partial charge in [-0.1, -0.05) is 18.2 Å². The highest BCUT2D eigenvalue weighted by atomic mass is 19.1. The van der Waals surface area contributed by atoms with E-state index in [1.165, 1.54) is 6.07 Å². The minimum Gasteiger partial charge on any atom is -0.389 e. The SMILES string of the molecule is C=CCOC[C@H](O)CN(CCN1CCOCC1)Cc1cccn1Cc1cccc(F)c1. The Morgan fingerprint density at radius 3 is 2.87 bits per heavy atom. The van der Waals surface area contributed by atoms with Crippen LogP contribution in [0.1, 0.15) is 11.3 Å². The number of nitrogens with zero attached hydrogens (tertiary/aromatic N) is 3. The normalized spacial score (nSPS) is 16.0. The Hall–Kier alpha value is -2.03. The highest BCUT2D eigenvalue weighted by molar-refractivity contribution is 5.19. The summed E-state index contributed by atoms with van der Waals surface area (Å²) >= 11 is 0. The third-order valence-electron chi connectivity index (χ3n) is 5.40. The monoisotopic (exact) mass is 431 g/mol. The molecule has 3 rings (SSSR count). The van der Waals surface area contributed by atoms with Gasteiger partial charge in [0.1, 0.15) is 5.82 Å². The summed E-state index contributed by atoms with van der Waals surface area (Å²) in [6.45, 7) is 11.4. The van der Waals surface area contributed by atoms with Gasteiger partial charge in [0.15, 0.2) is 0 Å². The van der Waals surface area contributed by atoms with E-state index in [-0.39, 0.29) is 12.4 Å². The smallest absolute Gasteiger partial charge is 0.123 e. The summed E-state index contributed by atoms with van der Waals surface area (Å²) < 4.78 is 26.6. The maximum atomic E-state index is 13.6. The summed E-state index contributed by atoms with van der Waals surface area (Å²) in [5.74, 6) is -0.221. The van der Waals surface area contributed by atoms with E-state index in [4.69, 9.17) is 9.47 Å². The zero-order valence-electron chi connectivity index (χ0n) is 18.2. The second kappa shape index (κ2) is 12.7. The molecule has 2 aromatic rings. The highest BCUT2D eigenvalue weighted by Gasteiger charge is 2.17. The molecule has 1 aliphatic heterocycles. The number of halogens is 1. The molecular formula is C24H34FN3O3. The molecule has 1 saturated heterocycles. The van der Waals surface area contributed by atoms with E-state index in [2.05, 4.69) is 27.0 Å². The van der Waals surface area contributed by atoms with Gasteiger partial charge in [-0.3, -0.25) is 9.80 Å². The molecule has 2 heterocycles. The van der Waals surface area contributed by atoms with Crippen LogP contribution in [0.5, 0.6) is 0 Å². The summed E-state index contributed by atoms with van der Waals surface area (Å²) in [6, 6.07) is 10.8. The van der Waals surface area contributed by atoms with E-state index in [9.17, 15) is 9.50 Å². The fraction of sp³-hybridized carbons (Fsp3) is 0.500. The van der Waals surface area contributed by atoms with Crippen molar-refractivity contribution in [1.29, 1.82) is 0 Å². The lowest BCUT2D eigenvalue weighted by Gasteiger charge is -2.31. The number of hydrogen-bond donors (Lipinski definition) is 1. The molecule has 1 atom stereocenters. The Morgan fingerprint density at radius 2 is 2.10 bits per heavy atom. The summed E-state index contributed by atoms with van der Waals surface area (Å²) in [4.78, 5) is 4.65. The van der Waals surface area contributed by atoms with Crippen molar-refractivity contribution in [2.45, 2.75) is 19.2 Å². The number of ether oxygens (including phenoxy) is 2. The molecule has 0 spiro atoms. The molecule has 1 aliphatic rings. The maximum absolute atomic E-state index is 13.6. The molecule has 0 aliphatic carbocycles. The number of benzene rings is 1. The van der Waals surface area contributed by atoms with Crippen LogP contribution >= 0.6 is 0 Å². The minimum atomic E-state index is -0.573. The molecule has 170 valence electrons. The Balaban J connectivity index is 1.62. The lowest BCUT2D eigenvalue weighted by atomic mass is 10.2. The van der Waals surface area contributed by atoms with Gasteiger partial charge in [0.25, 0.3) is 0 Å². The van der Waals surface area contributed by atoms with Crippen LogP contribution in [0, 0.1) is 5.82 Å². The second-order valence-corrected chi connectivity index (χ2v) is 7.93. The predicted molar refractivity (Wildman–Crippen MR) is 119 cm³/mol. The van der Waals surface area contributed by atoms with Crippen molar-refractivity contribution in [1.82, 2.24) is 14.4 Å². The van der Waals surface area contributed by atoms with Crippen LogP contribution in [0.25, 0.3) is 0 Å². The standard InChI is InChI=1S/C24H34FN3O3/c1-2-13-31-20-24(29)19-27(10-9-26-11-14-30-15-12-26)18-23-7-4-8-28(23)17-21-5-3-6-22(25)16-21/h2-8,16,24,29H,1,9-15,17-20H2/t24-/m1/s1. The summed E-state index contributed by atoms with van der Waals surface area (Å²) in [7, 11) is 0. The quantitative estimate of drug-likeness (QED) is 0.390. The molecule has 0 unspecified atom stereocenters. The van der Waals surface area contributed by atoms with Crippen LogP contribution in [0.2, 0.25) is 0 Å². The summed E-state index contributed by atoms with van der Waals surface area (Å²) in [5, 5.41) is 10.5. The molecule has 0 saturated carbocycles. The highest BCUT2D eigenvalue weighted by Crippen LogP contribution is 2.13. The van der Waals surface area contributed by atoms with Gasteiger partial charge in [-0.05, 0) is 29.8 Å². The van der Waals surface area contributed by atoms with E-state index < -0.39 is 6.10 Å². The van der Waals surface area contributed by atoms with Gasteiger partial charge in [-0.25, -0.2) is 4.39 Å². The largest absolute Gasteiger partial charge is 0.389 e. The fourth-order valence-corrected chi connectivity index (χ4v) is 3.79. The predicted octanol–water partition coefficient (Wildman–Crippen LogP) is 2.37. The van der Waals surface area contributed by atoms with Gasteiger partial charge in [0, 0.05) is 57.7 Å². The molecule has 1 fully saturated rings. The molecule has 1 aromatic carbocycles. The van der Waals surface area contributed by atoms with Crippen LogP contribution in [-0.4, -0.2) is 84.7 Å². The summed E-state index contributed by atoms with van der Waals surface area (Å²) in [5.41, 5.74) is 2.06. The van der Waals surface area contributed by atoms with Gasteiger partial charge in [-0.15, -0.1) is 6.58 Å². The van der Waals surface area contributed by atoms with Gasteiger partial charge >= 0.3 is 0 Å². The topological polar surface area (TPSA) is 50.1 Å². The van der Waals surface area contributed by atoms with E-state index >= 15 is 0 Å². The van der Waals surface area contributed by atoms with Crippen molar-refractivity contribution in [2.24, 2.45) is 0 Å². The van der Waals surface area contributed by atoms with Crippen LogP contribution in [0.4, 0.5) is 4.39 Å². The zero-order chi connectivity index (χ0) is 21.9. The van der Waals surface area contributed by atoms with Gasteiger partial charge < -0.3 is 19.1 Å². The Bertz CT molecular complexity index is 792. The number of aliphatic hydroxyl groups is 1. The van der Waals surface area contributed by atoms with Crippen LogP contribution < -0.4 is 0 Å². The van der Waals surface area contributed by atoms with E-state index in [0.29, 0.717) is 26.2 Å². The first-order valence-corrected chi connectivity index (χ1v) is 10.9. The number of morpholine rings is 1. The first-order valence-electron chi connectivity index (χ1n) is 10.9. The lowest BCUT2D eigenvalue weighted by molar-refractivity contribution is 0.0124. The first kappa shape index (κ1) is 23.6. The average Bonchev–Trinajstić information content (AvgIpc) is 3.19. The Kier molecular flexibility index (Phi) is 9.71. The van der Waals surface area contributed by atoms with Crippen molar-refractivity contribution >= 4 is 0 Å². The minimum absolute atomic E-state index is 0.221. The number of rotatable bonds is 13. The van der Waals surface area contributed by atoms with Crippen LogP contribution in [0.3, 0.4) is 0 Å². The fourth-order valence-electron chi connectivity index (χ4n) is 3.79. The van der Waals surface area contributed by atoms with Crippen molar-refractivity contribution in [3.8, 4) is 0 Å². The molecule has 31 heavy (non-hydrogen) atoms. The van der Waals surface area contributed by atoms with Crippen molar-refractivity contribution < 1.29 is 19.0 Å². The van der Waals surface area contributed by atoms with E-state index in [0.717, 1.165) is 50.7 Å². The molecule has 1 N–H and O–H groups in total. The molecule has 0 bridgehead atoms.